The first-order chi connectivity index (χ1) is 15.4. The lowest BCUT2D eigenvalue weighted by atomic mass is 9.89. The van der Waals surface area contributed by atoms with Crippen molar-refractivity contribution >= 4 is 23.9 Å². The van der Waals surface area contributed by atoms with E-state index < -0.39 is 47.3 Å². The van der Waals surface area contributed by atoms with Gasteiger partial charge in [0.1, 0.15) is 22.7 Å². The summed E-state index contributed by atoms with van der Waals surface area (Å²) < 4.78 is 64.3. The molecule has 1 aromatic carbocycles. The van der Waals surface area contributed by atoms with Crippen LogP contribution >= 0.6 is 0 Å². The van der Waals surface area contributed by atoms with Crippen molar-refractivity contribution in [1.29, 1.82) is 0 Å². The number of carbonyl (C=O) groups excluding carboxylic acids is 2. The Morgan fingerprint density at radius 2 is 1.97 bits per heavy atom. The second kappa shape index (κ2) is 9.16. The van der Waals surface area contributed by atoms with Gasteiger partial charge in [-0.2, -0.15) is 13.2 Å². The average Bonchev–Trinajstić information content (AvgIpc) is 3.18. The highest BCUT2D eigenvalue weighted by molar-refractivity contribution is 5.99. The van der Waals surface area contributed by atoms with Crippen LogP contribution in [0.15, 0.2) is 45.6 Å². The molecule has 0 saturated carbocycles. The third kappa shape index (κ3) is 5.29. The van der Waals surface area contributed by atoms with Crippen molar-refractivity contribution in [3.05, 3.63) is 58.7 Å². The number of rotatable bonds is 7. The number of ether oxygens (including phenoxy) is 1. The number of hydrogen-bond acceptors (Lipinski definition) is 5. The van der Waals surface area contributed by atoms with Crippen LogP contribution in [-0.2, 0) is 26.2 Å². The Balaban J connectivity index is 1.70. The summed E-state index contributed by atoms with van der Waals surface area (Å²) >= 11 is 0. The van der Waals surface area contributed by atoms with Crippen molar-refractivity contribution in [1.82, 2.24) is 5.16 Å². The Hall–Kier alpha value is -3.50. The van der Waals surface area contributed by atoms with E-state index in [0.717, 1.165) is 19.9 Å². The molecule has 7 nitrogen and oxygen atoms in total. The smallest absolute Gasteiger partial charge is 0.399 e. The van der Waals surface area contributed by atoms with Gasteiger partial charge in [-0.3, -0.25) is 14.9 Å². The van der Waals surface area contributed by atoms with Crippen LogP contribution in [0.2, 0.25) is 0 Å². The number of aromatic nitrogens is 1. The van der Waals surface area contributed by atoms with E-state index in [-0.39, 0.29) is 11.4 Å². The summed E-state index contributed by atoms with van der Waals surface area (Å²) in [5, 5.41) is 5.66. The van der Waals surface area contributed by atoms with E-state index in [4.69, 9.17) is 9.26 Å². The zero-order valence-corrected chi connectivity index (χ0v) is 18.0. The molecule has 11 heteroatoms. The van der Waals surface area contributed by atoms with E-state index in [0.29, 0.717) is 17.9 Å². The standard InChI is InChI=1S/C22H21F4N3O4/c1-4-32-16-9-18(30)27-11-14(16)12-5-6-13(15(23)7-12)8-19(31)28-20-10-17(29-33-20)21(2,3)22(24,25)26/h5-7,9-11,14H,4,8H2,1-3H3,(H,28,31). The summed E-state index contributed by atoms with van der Waals surface area (Å²) in [6.07, 6.45) is -2.36. The van der Waals surface area contributed by atoms with Gasteiger partial charge < -0.3 is 9.26 Å². The minimum atomic E-state index is -4.57. The van der Waals surface area contributed by atoms with Crippen LogP contribution in [0.3, 0.4) is 0 Å². The largest absolute Gasteiger partial charge is 0.497 e. The van der Waals surface area contributed by atoms with Crippen molar-refractivity contribution in [2.45, 2.75) is 44.7 Å². The summed E-state index contributed by atoms with van der Waals surface area (Å²) in [5.41, 5.74) is -2.14. The van der Waals surface area contributed by atoms with Crippen molar-refractivity contribution in [3.8, 4) is 0 Å². The van der Waals surface area contributed by atoms with Gasteiger partial charge >= 0.3 is 6.18 Å². The number of amides is 2. The molecule has 33 heavy (non-hydrogen) atoms. The molecule has 1 N–H and O–H groups in total. The molecule has 1 aliphatic heterocycles. The summed E-state index contributed by atoms with van der Waals surface area (Å²) in [7, 11) is 0. The molecule has 1 aromatic heterocycles. The lowest BCUT2D eigenvalue weighted by Gasteiger charge is -2.24. The van der Waals surface area contributed by atoms with Crippen molar-refractivity contribution in [2.24, 2.45) is 4.99 Å². The van der Waals surface area contributed by atoms with E-state index in [1.165, 1.54) is 24.4 Å². The molecule has 2 aromatic rings. The van der Waals surface area contributed by atoms with Crippen molar-refractivity contribution in [2.75, 3.05) is 11.9 Å². The fourth-order valence-electron chi connectivity index (χ4n) is 3.05. The Kier molecular flexibility index (Phi) is 6.71. The van der Waals surface area contributed by atoms with Gasteiger partial charge in [-0.1, -0.05) is 17.3 Å². The van der Waals surface area contributed by atoms with E-state index in [1.54, 1.807) is 13.0 Å². The normalized spacial score (nSPS) is 16.5. The molecular formula is C22H21F4N3O4. The molecule has 2 amide bonds. The molecular weight excluding hydrogens is 446 g/mol. The van der Waals surface area contributed by atoms with Gasteiger partial charge in [0.05, 0.1) is 18.9 Å². The minimum absolute atomic E-state index is 0.0531. The van der Waals surface area contributed by atoms with Crippen LogP contribution in [0.5, 0.6) is 0 Å². The van der Waals surface area contributed by atoms with Gasteiger partial charge in [0.25, 0.3) is 5.91 Å². The highest BCUT2D eigenvalue weighted by atomic mass is 19.4. The zero-order chi connectivity index (χ0) is 24.4. The number of dihydropyridines is 1. The number of allylic oxidation sites excluding steroid dienone is 1. The van der Waals surface area contributed by atoms with Gasteiger partial charge in [-0.25, -0.2) is 9.38 Å². The highest BCUT2D eigenvalue weighted by Gasteiger charge is 2.50. The number of benzene rings is 1. The number of anilines is 1. The summed E-state index contributed by atoms with van der Waals surface area (Å²) in [5.74, 6) is -2.35. The Labute approximate surface area is 186 Å². The monoisotopic (exact) mass is 467 g/mol. The van der Waals surface area contributed by atoms with E-state index in [9.17, 15) is 27.2 Å². The van der Waals surface area contributed by atoms with Gasteiger partial charge in [0, 0.05) is 18.4 Å². The van der Waals surface area contributed by atoms with E-state index >= 15 is 0 Å². The number of aliphatic imine (C=N–C) groups is 1. The average molecular weight is 467 g/mol. The molecule has 2 heterocycles. The molecule has 0 fully saturated rings. The Bertz CT molecular complexity index is 1120. The molecule has 176 valence electrons. The Morgan fingerprint density at radius 1 is 1.24 bits per heavy atom. The van der Waals surface area contributed by atoms with Crippen LogP contribution in [0.4, 0.5) is 23.4 Å². The van der Waals surface area contributed by atoms with Crippen molar-refractivity contribution in [3.63, 3.8) is 0 Å². The second-order valence-corrected chi connectivity index (χ2v) is 7.85. The van der Waals surface area contributed by atoms with Gasteiger partial charge in [-0.05, 0) is 38.0 Å². The molecule has 1 atom stereocenters. The maximum absolute atomic E-state index is 14.7. The quantitative estimate of drug-likeness (QED) is 0.608. The molecule has 0 aliphatic carbocycles. The number of hydrogen-bond donors (Lipinski definition) is 1. The van der Waals surface area contributed by atoms with Gasteiger partial charge in [0.2, 0.25) is 11.8 Å². The van der Waals surface area contributed by atoms with Crippen LogP contribution in [0.1, 0.15) is 43.5 Å². The fourth-order valence-corrected chi connectivity index (χ4v) is 3.05. The molecule has 1 aliphatic rings. The molecule has 1 unspecified atom stereocenters. The highest BCUT2D eigenvalue weighted by Crippen LogP contribution is 2.40. The molecule has 0 saturated heterocycles. The minimum Gasteiger partial charge on any atom is -0.497 e. The van der Waals surface area contributed by atoms with Crippen LogP contribution in [0, 0.1) is 5.82 Å². The van der Waals surface area contributed by atoms with Gasteiger partial charge in [0.15, 0.2) is 0 Å². The SMILES string of the molecule is CCOC1=CC(=O)N=CC1c1ccc(CC(=O)Nc2cc(C(C)(C)C(F)(F)F)no2)c(F)c1. The predicted octanol–water partition coefficient (Wildman–Crippen LogP) is 4.45. The van der Waals surface area contributed by atoms with E-state index in [1.807, 2.05) is 0 Å². The molecule has 0 spiro atoms. The third-order valence-corrected chi connectivity index (χ3v) is 5.14. The fraction of sp³-hybridized carbons (Fsp3) is 0.364. The number of carbonyl (C=O) groups is 2. The summed E-state index contributed by atoms with van der Waals surface area (Å²) in [6, 6.07) is 5.16. The number of halogens is 4. The lowest BCUT2D eigenvalue weighted by Crippen LogP contribution is -2.36. The van der Waals surface area contributed by atoms with Gasteiger partial charge in [-0.15, -0.1) is 0 Å². The number of nitrogens with zero attached hydrogens (tertiary/aromatic N) is 2. The third-order valence-electron chi connectivity index (χ3n) is 5.14. The molecule has 0 bridgehead atoms. The number of nitrogens with one attached hydrogen (secondary N) is 1. The zero-order valence-electron chi connectivity index (χ0n) is 18.0. The first-order valence-electron chi connectivity index (χ1n) is 9.97. The predicted molar refractivity (Wildman–Crippen MR) is 110 cm³/mol. The van der Waals surface area contributed by atoms with E-state index in [2.05, 4.69) is 15.5 Å². The summed E-state index contributed by atoms with van der Waals surface area (Å²) in [6.45, 7) is 3.94. The first kappa shape index (κ1) is 24.1. The lowest BCUT2D eigenvalue weighted by molar-refractivity contribution is -0.181. The van der Waals surface area contributed by atoms with Crippen LogP contribution in [-0.4, -0.2) is 36.0 Å². The molecule has 0 radical (unpaired) electrons. The molecule has 3 rings (SSSR count). The van der Waals surface area contributed by atoms with Crippen LogP contribution in [0.25, 0.3) is 0 Å². The Morgan fingerprint density at radius 3 is 2.61 bits per heavy atom. The van der Waals surface area contributed by atoms with Crippen molar-refractivity contribution < 1.29 is 36.4 Å². The first-order valence-corrected chi connectivity index (χ1v) is 9.97. The summed E-state index contributed by atoms with van der Waals surface area (Å²) in [4.78, 5) is 27.5. The van der Waals surface area contributed by atoms with Crippen LogP contribution < -0.4 is 5.32 Å². The maximum atomic E-state index is 14.7. The number of alkyl halides is 3. The topological polar surface area (TPSA) is 93.8 Å². The maximum Gasteiger partial charge on any atom is 0.399 e. The second-order valence-electron chi connectivity index (χ2n) is 7.85.